The van der Waals surface area contributed by atoms with Crippen molar-refractivity contribution in [1.82, 2.24) is 5.32 Å². The highest BCUT2D eigenvalue weighted by molar-refractivity contribution is 6.32. The number of aromatic hydroxyl groups is 1. The molecule has 1 aromatic rings. The van der Waals surface area contributed by atoms with Gasteiger partial charge in [-0.25, -0.2) is 0 Å². The molecule has 4 nitrogen and oxygen atoms in total. The molecule has 2 atom stereocenters. The number of rotatable bonds is 2. The highest BCUT2D eigenvalue weighted by Crippen LogP contribution is 2.32. The predicted molar refractivity (Wildman–Crippen MR) is 79.2 cm³/mol. The Labute approximate surface area is 123 Å². The minimum Gasteiger partial charge on any atom is -0.504 e. The van der Waals surface area contributed by atoms with Crippen molar-refractivity contribution in [1.29, 1.82) is 0 Å². The number of halogens is 2. The summed E-state index contributed by atoms with van der Waals surface area (Å²) in [6.07, 6.45) is 1.63. The Bertz CT molecular complexity index is 454. The van der Waals surface area contributed by atoms with Crippen LogP contribution in [0.3, 0.4) is 0 Å². The summed E-state index contributed by atoms with van der Waals surface area (Å²) in [6.45, 7) is 2.91. The fourth-order valence-electron chi connectivity index (χ4n) is 2.22. The summed E-state index contributed by atoms with van der Waals surface area (Å²) in [7, 11) is 0. The zero-order valence-corrected chi connectivity index (χ0v) is 12.2. The fraction of sp³-hybridized carbons (Fsp3) is 0.462. The van der Waals surface area contributed by atoms with Crippen LogP contribution in [0.4, 0.5) is 5.69 Å². The molecule has 0 saturated carbocycles. The summed E-state index contributed by atoms with van der Waals surface area (Å²) >= 11 is 5.79. The zero-order valence-electron chi connectivity index (χ0n) is 10.6. The van der Waals surface area contributed by atoms with Crippen LogP contribution in [0.25, 0.3) is 0 Å². The van der Waals surface area contributed by atoms with E-state index in [1.165, 1.54) is 0 Å². The molecule has 0 unspecified atom stereocenters. The minimum atomic E-state index is -0.0745. The van der Waals surface area contributed by atoms with Gasteiger partial charge in [0, 0.05) is 12.0 Å². The first-order valence-electron chi connectivity index (χ1n) is 6.09. The second-order valence-corrected chi connectivity index (χ2v) is 5.11. The first-order valence-corrected chi connectivity index (χ1v) is 6.47. The molecule has 0 radical (unpaired) electrons. The number of anilines is 1. The van der Waals surface area contributed by atoms with Gasteiger partial charge in [0.15, 0.2) is 5.75 Å². The lowest BCUT2D eigenvalue weighted by molar-refractivity contribution is -0.120. The molecular weight excluding hydrogens is 287 g/mol. The Morgan fingerprint density at radius 1 is 1.53 bits per heavy atom. The maximum Gasteiger partial charge on any atom is 0.227 e. The van der Waals surface area contributed by atoms with Gasteiger partial charge in [-0.1, -0.05) is 17.7 Å². The van der Waals surface area contributed by atoms with E-state index in [0.29, 0.717) is 11.7 Å². The van der Waals surface area contributed by atoms with E-state index in [1.54, 1.807) is 18.2 Å². The third kappa shape index (κ3) is 4.00. The molecule has 1 heterocycles. The van der Waals surface area contributed by atoms with Crippen LogP contribution in [-0.4, -0.2) is 23.6 Å². The van der Waals surface area contributed by atoms with Crippen LogP contribution in [-0.2, 0) is 4.79 Å². The number of amides is 1. The van der Waals surface area contributed by atoms with E-state index in [4.69, 9.17) is 11.6 Å². The molecule has 1 aliphatic rings. The van der Waals surface area contributed by atoms with Gasteiger partial charge in [-0.15, -0.1) is 12.4 Å². The molecule has 0 aliphatic carbocycles. The van der Waals surface area contributed by atoms with Crippen LogP contribution in [0.15, 0.2) is 18.2 Å². The monoisotopic (exact) mass is 304 g/mol. The summed E-state index contributed by atoms with van der Waals surface area (Å²) in [5.74, 6) is -0.143. The van der Waals surface area contributed by atoms with Crippen LogP contribution in [0.2, 0.25) is 5.02 Å². The second kappa shape index (κ2) is 6.98. The summed E-state index contributed by atoms with van der Waals surface area (Å²) in [4.78, 5) is 12.1. The summed E-state index contributed by atoms with van der Waals surface area (Å²) in [5.41, 5.74) is 0.374. The van der Waals surface area contributed by atoms with E-state index in [-0.39, 0.29) is 35.0 Å². The standard InChI is InChI=1S/C13H17ClN2O2.ClH/c1-8-7-9(5-6-15-8)13(18)16-11-4-2-3-10(14)12(11)17;/h2-4,8-9,15,17H,5-7H2,1H3,(H,16,18);1H/t8-,9-;/m0./s1. The molecule has 3 N–H and O–H groups in total. The quantitative estimate of drug-likeness (QED) is 0.736. The van der Waals surface area contributed by atoms with Gasteiger partial charge >= 0.3 is 0 Å². The number of nitrogens with one attached hydrogen (secondary N) is 2. The SMILES string of the molecule is C[C@H]1C[C@@H](C(=O)Nc2cccc(Cl)c2O)CCN1.Cl. The van der Waals surface area contributed by atoms with Crippen molar-refractivity contribution in [2.75, 3.05) is 11.9 Å². The summed E-state index contributed by atoms with van der Waals surface area (Å²) in [6, 6.07) is 5.27. The average molecular weight is 305 g/mol. The van der Waals surface area contributed by atoms with Crippen molar-refractivity contribution in [3.63, 3.8) is 0 Å². The number of phenols is 1. The van der Waals surface area contributed by atoms with Gasteiger partial charge < -0.3 is 15.7 Å². The Morgan fingerprint density at radius 2 is 2.26 bits per heavy atom. The third-order valence-electron chi connectivity index (χ3n) is 3.24. The van der Waals surface area contributed by atoms with Gasteiger partial charge in [0.05, 0.1) is 10.7 Å². The average Bonchev–Trinajstić information content (AvgIpc) is 2.35. The van der Waals surface area contributed by atoms with Crippen molar-refractivity contribution in [2.45, 2.75) is 25.8 Å². The van der Waals surface area contributed by atoms with Crippen molar-refractivity contribution in [3.05, 3.63) is 23.2 Å². The molecule has 0 aromatic heterocycles. The van der Waals surface area contributed by atoms with Crippen LogP contribution in [0.5, 0.6) is 5.75 Å². The number of benzene rings is 1. The molecular formula is C13H18Cl2N2O2. The summed E-state index contributed by atoms with van der Waals surface area (Å²) < 4.78 is 0. The van der Waals surface area contributed by atoms with Crippen LogP contribution in [0, 0.1) is 5.92 Å². The number of para-hydroxylation sites is 1. The summed E-state index contributed by atoms with van der Waals surface area (Å²) in [5, 5.41) is 16.0. The second-order valence-electron chi connectivity index (χ2n) is 4.70. The number of piperidine rings is 1. The van der Waals surface area contributed by atoms with E-state index in [9.17, 15) is 9.90 Å². The molecule has 6 heteroatoms. The lowest BCUT2D eigenvalue weighted by atomic mass is 9.92. The van der Waals surface area contributed by atoms with E-state index in [2.05, 4.69) is 17.6 Å². The first-order chi connectivity index (χ1) is 8.58. The van der Waals surface area contributed by atoms with E-state index >= 15 is 0 Å². The molecule has 106 valence electrons. The van der Waals surface area contributed by atoms with Gasteiger partial charge in [0.25, 0.3) is 0 Å². The maximum absolute atomic E-state index is 12.1. The molecule has 1 fully saturated rings. The fourth-order valence-corrected chi connectivity index (χ4v) is 2.40. The highest BCUT2D eigenvalue weighted by atomic mass is 35.5. The Hall–Kier alpha value is -0.970. The van der Waals surface area contributed by atoms with Gasteiger partial charge in [0.2, 0.25) is 5.91 Å². The zero-order chi connectivity index (χ0) is 13.1. The molecule has 0 spiro atoms. The number of carbonyl (C=O) groups is 1. The van der Waals surface area contributed by atoms with Crippen molar-refractivity contribution < 1.29 is 9.90 Å². The number of hydrogen-bond donors (Lipinski definition) is 3. The highest BCUT2D eigenvalue weighted by Gasteiger charge is 2.25. The number of phenolic OH excluding ortho intramolecular Hbond substituents is 1. The molecule has 1 saturated heterocycles. The van der Waals surface area contributed by atoms with Gasteiger partial charge in [-0.05, 0) is 38.4 Å². The van der Waals surface area contributed by atoms with E-state index in [1.807, 2.05) is 0 Å². The minimum absolute atomic E-state index is 0. The first kappa shape index (κ1) is 16.1. The van der Waals surface area contributed by atoms with Crippen LogP contribution < -0.4 is 10.6 Å². The predicted octanol–water partition coefficient (Wildman–Crippen LogP) is 2.79. The molecule has 1 aliphatic heterocycles. The molecule has 0 bridgehead atoms. The largest absolute Gasteiger partial charge is 0.504 e. The topological polar surface area (TPSA) is 61.4 Å². The van der Waals surface area contributed by atoms with Crippen molar-refractivity contribution in [3.8, 4) is 5.75 Å². The normalized spacial score (nSPS) is 22.4. The number of carbonyl (C=O) groups excluding carboxylic acids is 1. The van der Waals surface area contributed by atoms with Crippen molar-refractivity contribution >= 4 is 35.6 Å². The van der Waals surface area contributed by atoms with Gasteiger partial charge in [0.1, 0.15) is 0 Å². The Balaban J connectivity index is 0.00000180. The third-order valence-corrected chi connectivity index (χ3v) is 3.54. The lowest BCUT2D eigenvalue weighted by Crippen LogP contribution is -2.40. The van der Waals surface area contributed by atoms with Gasteiger partial charge in [-0.2, -0.15) is 0 Å². The van der Waals surface area contributed by atoms with E-state index < -0.39 is 0 Å². The molecule has 2 rings (SSSR count). The number of hydrogen-bond acceptors (Lipinski definition) is 3. The van der Waals surface area contributed by atoms with Crippen LogP contribution >= 0.6 is 24.0 Å². The molecule has 19 heavy (non-hydrogen) atoms. The van der Waals surface area contributed by atoms with Crippen LogP contribution in [0.1, 0.15) is 19.8 Å². The van der Waals surface area contributed by atoms with Crippen molar-refractivity contribution in [2.24, 2.45) is 5.92 Å². The molecule has 1 aromatic carbocycles. The Kier molecular flexibility index (Phi) is 5.91. The van der Waals surface area contributed by atoms with Gasteiger partial charge in [-0.3, -0.25) is 4.79 Å². The smallest absolute Gasteiger partial charge is 0.227 e. The maximum atomic E-state index is 12.1. The molecule has 1 amide bonds. The van der Waals surface area contributed by atoms with E-state index in [0.717, 1.165) is 19.4 Å². The lowest BCUT2D eigenvalue weighted by Gasteiger charge is -2.27. The Morgan fingerprint density at radius 3 is 2.95 bits per heavy atom.